The number of Topliss-reactive ketones (excluding diaryl/α,β-unsaturated/α-hetero) is 1. The number of rotatable bonds is 6. The van der Waals surface area contributed by atoms with Gasteiger partial charge in [0.25, 0.3) is 0 Å². The first-order valence-electron chi connectivity index (χ1n) is 5.83. The summed E-state index contributed by atoms with van der Waals surface area (Å²) in [6.45, 7) is 3.31. The molecule has 19 heavy (non-hydrogen) atoms. The van der Waals surface area contributed by atoms with Crippen molar-refractivity contribution in [2.24, 2.45) is 0 Å². The summed E-state index contributed by atoms with van der Waals surface area (Å²) in [5.74, 6) is -0.454. The highest BCUT2D eigenvalue weighted by atomic mass is 16.5. The summed E-state index contributed by atoms with van der Waals surface area (Å²) < 4.78 is 9.89. The molecule has 0 aliphatic carbocycles. The highest BCUT2D eigenvalue weighted by Crippen LogP contribution is 2.27. The van der Waals surface area contributed by atoms with Crippen LogP contribution in [0.25, 0.3) is 6.08 Å². The third kappa shape index (κ3) is 5.25. The fraction of sp³-hybridized carbons (Fsp3) is 0.286. The number of hydrogen-bond donors (Lipinski definition) is 1. The van der Waals surface area contributed by atoms with Gasteiger partial charge in [0.05, 0.1) is 6.61 Å². The molecule has 0 radical (unpaired) electrons. The first kappa shape index (κ1) is 14.8. The van der Waals surface area contributed by atoms with Gasteiger partial charge in [-0.25, -0.2) is 4.79 Å². The van der Waals surface area contributed by atoms with Crippen LogP contribution in [0.3, 0.4) is 0 Å². The van der Waals surface area contributed by atoms with Crippen molar-refractivity contribution in [3.63, 3.8) is 0 Å². The number of carbonyl (C=O) groups is 2. The van der Waals surface area contributed by atoms with Crippen LogP contribution in [-0.2, 0) is 14.3 Å². The minimum Gasteiger partial charge on any atom is -0.504 e. The van der Waals surface area contributed by atoms with E-state index in [1.54, 1.807) is 13.0 Å². The lowest BCUT2D eigenvalue weighted by molar-refractivity contribution is -0.137. The van der Waals surface area contributed by atoms with Crippen LogP contribution in [-0.4, -0.2) is 30.1 Å². The molecule has 0 heterocycles. The van der Waals surface area contributed by atoms with Crippen molar-refractivity contribution in [3.8, 4) is 11.5 Å². The molecule has 0 saturated carbocycles. The molecule has 0 aliphatic heterocycles. The number of phenols is 1. The molecule has 0 aliphatic rings. The number of esters is 1. The van der Waals surface area contributed by atoms with Crippen molar-refractivity contribution in [2.45, 2.75) is 13.8 Å². The van der Waals surface area contributed by atoms with Crippen LogP contribution in [0.5, 0.6) is 11.5 Å². The number of aromatic hydroxyl groups is 1. The Labute approximate surface area is 111 Å². The largest absolute Gasteiger partial charge is 0.504 e. The zero-order valence-electron chi connectivity index (χ0n) is 10.9. The van der Waals surface area contributed by atoms with Crippen LogP contribution in [0.2, 0.25) is 0 Å². The zero-order valence-corrected chi connectivity index (χ0v) is 10.9. The second-order valence-corrected chi connectivity index (χ2v) is 3.80. The second-order valence-electron chi connectivity index (χ2n) is 3.80. The molecule has 0 saturated heterocycles. The highest BCUT2D eigenvalue weighted by molar-refractivity contribution is 5.87. The van der Waals surface area contributed by atoms with Crippen LogP contribution >= 0.6 is 0 Å². The van der Waals surface area contributed by atoms with E-state index in [1.165, 1.54) is 31.2 Å². The number of benzene rings is 1. The average molecular weight is 264 g/mol. The van der Waals surface area contributed by atoms with E-state index in [0.29, 0.717) is 12.2 Å². The Bertz CT molecular complexity index is 491. The number of ether oxygens (including phenoxy) is 2. The summed E-state index contributed by atoms with van der Waals surface area (Å²) in [5, 5.41) is 9.56. The number of ketones is 1. The molecule has 0 bridgehead atoms. The summed E-state index contributed by atoms with van der Waals surface area (Å²) >= 11 is 0. The predicted octanol–water partition coefficient (Wildman–Crippen LogP) is 1.94. The lowest BCUT2D eigenvalue weighted by Gasteiger charge is -2.07. The van der Waals surface area contributed by atoms with Crippen molar-refractivity contribution in [1.29, 1.82) is 0 Å². The summed E-state index contributed by atoms with van der Waals surface area (Å²) in [5.41, 5.74) is 0.657. The molecule has 1 N–H and O–H groups in total. The van der Waals surface area contributed by atoms with E-state index in [4.69, 9.17) is 9.47 Å². The lowest BCUT2D eigenvalue weighted by atomic mass is 10.2. The molecule has 102 valence electrons. The smallest absolute Gasteiger partial charge is 0.330 e. The van der Waals surface area contributed by atoms with Crippen LogP contribution < -0.4 is 4.74 Å². The molecule has 5 heteroatoms. The van der Waals surface area contributed by atoms with Gasteiger partial charge in [-0.05, 0) is 37.6 Å². The van der Waals surface area contributed by atoms with Crippen molar-refractivity contribution < 1.29 is 24.2 Å². The molecule has 0 spiro atoms. The predicted molar refractivity (Wildman–Crippen MR) is 69.9 cm³/mol. The normalized spacial score (nSPS) is 10.4. The molecule has 0 atom stereocenters. The van der Waals surface area contributed by atoms with Gasteiger partial charge in [0.1, 0.15) is 6.61 Å². The Morgan fingerprint density at radius 1 is 1.37 bits per heavy atom. The Morgan fingerprint density at radius 3 is 2.74 bits per heavy atom. The van der Waals surface area contributed by atoms with Gasteiger partial charge in [0, 0.05) is 6.08 Å². The third-order valence-corrected chi connectivity index (χ3v) is 2.11. The fourth-order valence-corrected chi connectivity index (χ4v) is 1.28. The molecular formula is C14H16O5. The first-order chi connectivity index (χ1) is 9.02. The monoisotopic (exact) mass is 264 g/mol. The molecule has 1 aromatic rings. The first-order valence-corrected chi connectivity index (χ1v) is 5.83. The molecule has 5 nitrogen and oxygen atoms in total. The van der Waals surface area contributed by atoms with Crippen LogP contribution in [0.4, 0.5) is 0 Å². The lowest BCUT2D eigenvalue weighted by Crippen LogP contribution is -2.06. The minimum atomic E-state index is -0.443. The molecule has 0 aromatic heterocycles. The highest BCUT2D eigenvalue weighted by Gasteiger charge is 2.04. The van der Waals surface area contributed by atoms with Gasteiger partial charge in [0.2, 0.25) is 0 Å². The Hall–Kier alpha value is -2.30. The van der Waals surface area contributed by atoms with Crippen molar-refractivity contribution in [1.82, 2.24) is 0 Å². The molecular weight excluding hydrogens is 248 g/mol. The van der Waals surface area contributed by atoms with Crippen LogP contribution in [0, 0.1) is 0 Å². The van der Waals surface area contributed by atoms with Gasteiger partial charge >= 0.3 is 5.97 Å². The van der Waals surface area contributed by atoms with Gasteiger partial charge in [0.15, 0.2) is 17.3 Å². The number of phenolic OH excluding ortho intramolecular Hbond substituents is 1. The third-order valence-electron chi connectivity index (χ3n) is 2.11. The summed E-state index contributed by atoms with van der Waals surface area (Å²) in [6.07, 6.45) is 2.82. The van der Waals surface area contributed by atoms with E-state index in [2.05, 4.69) is 0 Å². The van der Waals surface area contributed by atoms with Gasteiger partial charge in [-0.1, -0.05) is 6.07 Å². The Kier molecular flexibility index (Phi) is 5.60. The van der Waals surface area contributed by atoms with E-state index in [0.717, 1.165) is 0 Å². The number of carbonyl (C=O) groups excluding carboxylic acids is 2. The van der Waals surface area contributed by atoms with Gasteiger partial charge < -0.3 is 14.6 Å². The maximum Gasteiger partial charge on any atom is 0.330 e. The van der Waals surface area contributed by atoms with Crippen molar-refractivity contribution in [2.75, 3.05) is 13.2 Å². The summed E-state index contributed by atoms with van der Waals surface area (Å²) in [6, 6.07) is 4.58. The van der Waals surface area contributed by atoms with Gasteiger partial charge in [-0.3, -0.25) is 4.79 Å². The molecule has 1 rings (SSSR count). The number of hydrogen-bond acceptors (Lipinski definition) is 5. The second kappa shape index (κ2) is 7.20. The summed E-state index contributed by atoms with van der Waals surface area (Å²) in [7, 11) is 0. The van der Waals surface area contributed by atoms with E-state index in [9.17, 15) is 14.7 Å². The molecule has 0 unspecified atom stereocenters. The maximum absolute atomic E-state index is 11.1. The standard InChI is InChI=1S/C14H16O5/c1-3-18-14(17)7-5-11-4-6-12(16)13(8-11)19-9-10(2)15/h4-8,16H,3,9H2,1-2H3/b7-5+. The van der Waals surface area contributed by atoms with Crippen molar-refractivity contribution >= 4 is 17.8 Å². The Morgan fingerprint density at radius 2 is 2.11 bits per heavy atom. The van der Waals surface area contributed by atoms with Gasteiger partial charge in [-0.2, -0.15) is 0 Å². The van der Waals surface area contributed by atoms with E-state index >= 15 is 0 Å². The topological polar surface area (TPSA) is 72.8 Å². The van der Waals surface area contributed by atoms with Crippen LogP contribution in [0.15, 0.2) is 24.3 Å². The summed E-state index contributed by atoms with van der Waals surface area (Å²) in [4.78, 5) is 22.0. The fourth-order valence-electron chi connectivity index (χ4n) is 1.28. The van der Waals surface area contributed by atoms with E-state index in [-0.39, 0.29) is 23.9 Å². The van der Waals surface area contributed by atoms with Gasteiger partial charge in [-0.15, -0.1) is 0 Å². The van der Waals surface area contributed by atoms with E-state index in [1.807, 2.05) is 0 Å². The molecule has 0 amide bonds. The quantitative estimate of drug-likeness (QED) is 0.628. The SMILES string of the molecule is CCOC(=O)/C=C/c1ccc(O)c(OCC(C)=O)c1. The average Bonchev–Trinajstić information content (AvgIpc) is 2.36. The molecule has 0 fully saturated rings. The molecule has 1 aromatic carbocycles. The minimum absolute atomic E-state index is 0.0606. The maximum atomic E-state index is 11.1. The van der Waals surface area contributed by atoms with Crippen molar-refractivity contribution in [3.05, 3.63) is 29.8 Å². The van der Waals surface area contributed by atoms with Crippen LogP contribution in [0.1, 0.15) is 19.4 Å². The zero-order chi connectivity index (χ0) is 14.3. The Balaban J connectivity index is 2.78. The van der Waals surface area contributed by atoms with E-state index < -0.39 is 5.97 Å².